The lowest BCUT2D eigenvalue weighted by molar-refractivity contribution is 0.370. The molecule has 0 N–H and O–H groups in total. The summed E-state index contributed by atoms with van der Waals surface area (Å²) < 4.78 is 11.1. The van der Waals surface area contributed by atoms with Gasteiger partial charge in [0.1, 0.15) is 30.5 Å². The molecule has 0 aliphatic carbocycles. The Morgan fingerprint density at radius 2 is 1.52 bits per heavy atom. The lowest BCUT2D eigenvalue weighted by atomic mass is 10.1. The van der Waals surface area contributed by atoms with Gasteiger partial charge in [0.25, 0.3) is 0 Å². The molecule has 0 atom stereocenters. The normalized spacial score (nSPS) is 9.89. The number of aryl methyl sites for hydroxylation is 1. The number of rotatable bonds is 6. The fraction of sp³-hybridized carbons (Fsp3) is 0.130. The highest BCUT2D eigenvalue weighted by Crippen LogP contribution is 2.31. The lowest BCUT2D eigenvalue weighted by Crippen LogP contribution is -1.99. The van der Waals surface area contributed by atoms with Crippen molar-refractivity contribution < 1.29 is 9.47 Å². The van der Waals surface area contributed by atoms with Crippen LogP contribution in [0.25, 0.3) is 22.5 Å². The fourth-order valence-electron chi connectivity index (χ4n) is 2.62. The van der Waals surface area contributed by atoms with Crippen molar-refractivity contribution in [3.8, 4) is 58.7 Å². The monoisotopic (exact) mass is 354 g/mol. The first kappa shape index (κ1) is 18.0. The molecule has 4 heteroatoms. The second-order valence-corrected chi connectivity index (χ2v) is 5.69. The summed E-state index contributed by atoms with van der Waals surface area (Å²) in [7, 11) is 0. The van der Waals surface area contributed by atoms with Crippen molar-refractivity contribution in [2.75, 3.05) is 13.2 Å². The van der Waals surface area contributed by atoms with Crippen molar-refractivity contribution in [1.29, 1.82) is 0 Å². The summed E-state index contributed by atoms with van der Waals surface area (Å²) in [4.78, 5) is 9.12. The molecule has 27 heavy (non-hydrogen) atoms. The van der Waals surface area contributed by atoms with Crippen LogP contribution in [0, 0.1) is 31.6 Å². The largest absolute Gasteiger partial charge is 0.481 e. The first-order chi connectivity index (χ1) is 13.2. The summed E-state index contributed by atoms with van der Waals surface area (Å²) in [6.07, 6.45) is 10.5. The quantitative estimate of drug-likeness (QED) is 0.624. The zero-order chi connectivity index (χ0) is 19.1. The van der Waals surface area contributed by atoms with Crippen molar-refractivity contribution in [3.63, 3.8) is 0 Å². The number of nitrogens with zero attached hydrogens (tertiary/aromatic N) is 2. The van der Waals surface area contributed by atoms with Crippen LogP contribution in [-0.4, -0.2) is 23.2 Å². The van der Waals surface area contributed by atoms with Crippen LogP contribution in [0.3, 0.4) is 0 Å². The SMILES string of the molecule is C#CCOc1ccc(-c2cc(-c3ccccc3OCC#C)nc(C)n2)cc1. The molecule has 0 bridgehead atoms. The van der Waals surface area contributed by atoms with Gasteiger partial charge in [-0.15, -0.1) is 12.8 Å². The Kier molecular flexibility index (Phi) is 5.72. The molecule has 1 aromatic heterocycles. The van der Waals surface area contributed by atoms with Gasteiger partial charge in [-0.2, -0.15) is 0 Å². The maximum Gasteiger partial charge on any atom is 0.148 e. The standard InChI is InChI=1S/C23H18N2O2/c1-4-14-26-19-12-10-18(11-13-19)21-16-22(25-17(3)24-21)20-8-6-7-9-23(20)27-15-5-2/h1-2,6-13,16H,14-15H2,3H3. The van der Waals surface area contributed by atoms with Crippen molar-refractivity contribution in [1.82, 2.24) is 9.97 Å². The van der Waals surface area contributed by atoms with Gasteiger partial charge in [0.2, 0.25) is 0 Å². The Morgan fingerprint density at radius 3 is 2.26 bits per heavy atom. The molecule has 0 aliphatic rings. The molecule has 4 nitrogen and oxygen atoms in total. The average Bonchev–Trinajstić information content (AvgIpc) is 2.71. The molecular formula is C23H18N2O2. The number of hydrogen-bond donors (Lipinski definition) is 0. The van der Waals surface area contributed by atoms with Crippen LogP contribution in [0.5, 0.6) is 11.5 Å². The highest BCUT2D eigenvalue weighted by Gasteiger charge is 2.11. The average molecular weight is 354 g/mol. The van der Waals surface area contributed by atoms with Crippen LogP contribution < -0.4 is 9.47 Å². The van der Waals surface area contributed by atoms with Crippen LogP contribution in [0.2, 0.25) is 0 Å². The molecular weight excluding hydrogens is 336 g/mol. The second kappa shape index (κ2) is 8.56. The van der Waals surface area contributed by atoms with E-state index in [1.54, 1.807) is 0 Å². The van der Waals surface area contributed by atoms with E-state index < -0.39 is 0 Å². The van der Waals surface area contributed by atoms with Gasteiger partial charge < -0.3 is 9.47 Å². The molecule has 0 radical (unpaired) electrons. The zero-order valence-corrected chi connectivity index (χ0v) is 15.0. The number of benzene rings is 2. The molecule has 0 saturated heterocycles. The first-order valence-electron chi connectivity index (χ1n) is 8.39. The minimum atomic E-state index is 0.201. The van der Waals surface area contributed by atoms with E-state index in [9.17, 15) is 0 Å². The molecule has 3 rings (SSSR count). The van der Waals surface area contributed by atoms with E-state index in [1.165, 1.54) is 0 Å². The van der Waals surface area contributed by atoms with Gasteiger partial charge in [0, 0.05) is 11.1 Å². The van der Waals surface area contributed by atoms with Crippen molar-refractivity contribution >= 4 is 0 Å². The van der Waals surface area contributed by atoms with Crippen LogP contribution >= 0.6 is 0 Å². The van der Waals surface area contributed by atoms with Gasteiger partial charge >= 0.3 is 0 Å². The highest BCUT2D eigenvalue weighted by atomic mass is 16.5. The summed E-state index contributed by atoms with van der Waals surface area (Å²) >= 11 is 0. The van der Waals surface area contributed by atoms with Gasteiger partial charge in [0.15, 0.2) is 0 Å². The molecule has 0 aliphatic heterocycles. The van der Waals surface area contributed by atoms with Crippen molar-refractivity contribution in [2.45, 2.75) is 6.92 Å². The zero-order valence-electron chi connectivity index (χ0n) is 15.0. The van der Waals surface area contributed by atoms with E-state index >= 15 is 0 Å². The van der Waals surface area contributed by atoms with Gasteiger partial charge in [-0.05, 0) is 49.4 Å². The molecule has 0 unspecified atom stereocenters. The summed E-state index contributed by atoms with van der Waals surface area (Å²) in [5, 5.41) is 0. The highest BCUT2D eigenvalue weighted by molar-refractivity contribution is 5.72. The van der Waals surface area contributed by atoms with Crippen LogP contribution in [0.15, 0.2) is 54.6 Å². The lowest BCUT2D eigenvalue weighted by Gasteiger charge is -2.11. The summed E-state index contributed by atoms with van der Waals surface area (Å²) in [6.45, 7) is 2.31. The third-order valence-electron chi connectivity index (χ3n) is 3.78. The van der Waals surface area contributed by atoms with E-state index in [2.05, 4.69) is 21.8 Å². The predicted molar refractivity (Wildman–Crippen MR) is 106 cm³/mol. The number of aromatic nitrogens is 2. The van der Waals surface area contributed by atoms with Crippen molar-refractivity contribution in [2.24, 2.45) is 0 Å². The third-order valence-corrected chi connectivity index (χ3v) is 3.78. The Labute approximate surface area is 159 Å². The van der Waals surface area contributed by atoms with E-state index in [4.69, 9.17) is 22.3 Å². The third kappa shape index (κ3) is 4.45. The number of para-hydroxylation sites is 1. The molecule has 1 heterocycles. The molecule has 0 saturated carbocycles. The first-order valence-corrected chi connectivity index (χ1v) is 8.39. The minimum absolute atomic E-state index is 0.201. The summed E-state index contributed by atoms with van der Waals surface area (Å²) in [6, 6.07) is 17.2. The summed E-state index contributed by atoms with van der Waals surface area (Å²) in [5.41, 5.74) is 3.41. The van der Waals surface area contributed by atoms with Crippen LogP contribution in [0.4, 0.5) is 0 Å². The Morgan fingerprint density at radius 1 is 0.852 bits per heavy atom. The summed E-state index contributed by atoms with van der Waals surface area (Å²) in [5.74, 6) is 7.01. The molecule has 0 fully saturated rings. The van der Waals surface area contributed by atoms with Crippen LogP contribution in [0.1, 0.15) is 5.82 Å². The fourth-order valence-corrected chi connectivity index (χ4v) is 2.62. The van der Waals surface area contributed by atoms with Crippen molar-refractivity contribution in [3.05, 3.63) is 60.4 Å². The Hall–Kier alpha value is -3.76. The molecule has 2 aromatic carbocycles. The Balaban J connectivity index is 1.96. The van der Waals surface area contributed by atoms with Gasteiger partial charge in [-0.25, -0.2) is 9.97 Å². The second-order valence-electron chi connectivity index (χ2n) is 5.69. The molecule has 0 amide bonds. The minimum Gasteiger partial charge on any atom is -0.481 e. The predicted octanol–water partition coefficient (Wildman–Crippen LogP) is 4.14. The Bertz CT molecular complexity index is 1010. The number of hydrogen-bond acceptors (Lipinski definition) is 4. The molecule has 3 aromatic rings. The maximum absolute atomic E-state index is 5.65. The van der Waals surface area contributed by atoms with E-state index in [0.717, 1.165) is 28.3 Å². The van der Waals surface area contributed by atoms with E-state index in [1.807, 2.05) is 61.5 Å². The smallest absolute Gasteiger partial charge is 0.148 e. The van der Waals surface area contributed by atoms with E-state index in [-0.39, 0.29) is 13.2 Å². The van der Waals surface area contributed by atoms with Gasteiger partial charge in [-0.1, -0.05) is 24.0 Å². The molecule has 132 valence electrons. The van der Waals surface area contributed by atoms with E-state index in [0.29, 0.717) is 11.6 Å². The number of terminal acetylenes is 2. The van der Waals surface area contributed by atoms with Crippen LogP contribution in [-0.2, 0) is 0 Å². The van der Waals surface area contributed by atoms with Gasteiger partial charge in [-0.3, -0.25) is 0 Å². The topological polar surface area (TPSA) is 44.2 Å². The molecule has 0 spiro atoms. The maximum atomic E-state index is 5.65. The number of ether oxygens (including phenoxy) is 2. The van der Waals surface area contributed by atoms with Gasteiger partial charge in [0.05, 0.1) is 11.4 Å².